The van der Waals surface area contributed by atoms with Crippen LogP contribution in [0.25, 0.3) is 10.9 Å². The van der Waals surface area contributed by atoms with Crippen LogP contribution < -0.4 is 10.1 Å². The second-order valence-corrected chi connectivity index (χ2v) is 8.07. The number of anilines is 1. The number of aromatic nitrogens is 2. The standard InChI is InChI=1S/C21H24ClN3O5S/c1-2-15(6-11-21(26)30-17-9-7-16(22)8-10-17)13-25-20-5-3-4-19(18(20)12-24-25)23-14-29-31(27)28/h3-5,7-10,12,15,23H,2,6,11,13-14H2,1H3,(H,27,28). The van der Waals surface area contributed by atoms with E-state index in [-0.39, 0.29) is 18.6 Å². The minimum absolute atomic E-state index is 0.0965. The number of halogens is 1. The second kappa shape index (κ2) is 11.2. The first-order chi connectivity index (χ1) is 15.0. The predicted octanol–water partition coefficient (Wildman–Crippen LogP) is 4.62. The zero-order valence-electron chi connectivity index (χ0n) is 17.0. The normalized spacial score (nSPS) is 13.1. The maximum Gasteiger partial charge on any atom is 0.311 e. The number of hydrogen-bond donors (Lipinski definition) is 2. The lowest BCUT2D eigenvalue weighted by Gasteiger charge is -2.15. The van der Waals surface area contributed by atoms with E-state index in [1.54, 1.807) is 30.5 Å². The Morgan fingerprint density at radius 1 is 1.29 bits per heavy atom. The summed E-state index contributed by atoms with van der Waals surface area (Å²) in [4.78, 5) is 12.2. The highest BCUT2D eigenvalue weighted by Gasteiger charge is 2.15. The van der Waals surface area contributed by atoms with E-state index in [9.17, 15) is 9.00 Å². The summed E-state index contributed by atoms with van der Waals surface area (Å²) in [5.74, 6) is 0.450. The van der Waals surface area contributed by atoms with Crippen LogP contribution in [0.4, 0.5) is 5.69 Å². The van der Waals surface area contributed by atoms with Gasteiger partial charge in [0.2, 0.25) is 0 Å². The molecular weight excluding hydrogens is 442 g/mol. The van der Waals surface area contributed by atoms with Crippen molar-refractivity contribution in [2.45, 2.75) is 32.7 Å². The highest BCUT2D eigenvalue weighted by atomic mass is 35.5. The molecule has 0 saturated carbocycles. The molecule has 0 spiro atoms. The van der Waals surface area contributed by atoms with E-state index in [1.807, 2.05) is 22.9 Å². The van der Waals surface area contributed by atoms with Gasteiger partial charge in [-0.25, -0.2) is 4.18 Å². The topological polar surface area (TPSA) is 103 Å². The Hall–Kier alpha value is -2.46. The quantitative estimate of drug-likeness (QED) is 0.184. The van der Waals surface area contributed by atoms with Crippen LogP contribution in [-0.2, 0) is 26.9 Å². The molecule has 166 valence electrons. The maximum atomic E-state index is 12.2. The first kappa shape index (κ1) is 23.2. The van der Waals surface area contributed by atoms with Gasteiger partial charge in [0.25, 0.3) is 0 Å². The van der Waals surface area contributed by atoms with Gasteiger partial charge in [-0.2, -0.15) is 9.31 Å². The van der Waals surface area contributed by atoms with Gasteiger partial charge in [0.1, 0.15) is 12.5 Å². The molecular formula is C21H24ClN3O5S. The minimum atomic E-state index is -2.32. The van der Waals surface area contributed by atoms with E-state index in [1.165, 1.54) is 0 Å². The lowest BCUT2D eigenvalue weighted by Crippen LogP contribution is -2.15. The average molecular weight is 466 g/mol. The van der Waals surface area contributed by atoms with E-state index in [0.29, 0.717) is 30.2 Å². The number of nitrogens with one attached hydrogen (secondary N) is 1. The Morgan fingerprint density at radius 3 is 2.77 bits per heavy atom. The van der Waals surface area contributed by atoms with E-state index in [2.05, 4.69) is 21.5 Å². The van der Waals surface area contributed by atoms with Crippen LogP contribution in [0.3, 0.4) is 0 Å². The molecule has 10 heteroatoms. The summed E-state index contributed by atoms with van der Waals surface area (Å²) in [7, 11) is 0. The molecule has 0 fully saturated rings. The smallest absolute Gasteiger partial charge is 0.311 e. The molecule has 31 heavy (non-hydrogen) atoms. The highest BCUT2D eigenvalue weighted by molar-refractivity contribution is 7.74. The molecule has 2 unspecified atom stereocenters. The molecule has 0 radical (unpaired) electrons. The second-order valence-electron chi connectivity index (χ2n) is 6.96. The first-order valence-corrected chi connectivity index (χ1v) is 11.3. The third-order valence-electron chi connectivity index (χ3n) is 4.92. The number of carbonyl (C=O) groups is 1. The third-order valence-corrected chi connectivity index (χ3v) is 5.49. The van der Waals surface area contributed by atoms with E-state index < -0.39 is 11.4 Å². The minimum Gasteiger partial charge on any atom is -0.427 e. The summed E-state index contributed by atoms with van der Waals surface area (Å²) in [6, 6.07) is 12.4. The summed E-state index contributed by atoms with van der Waals surface area (Å²) in [6.45, 7) is 2.65. The van der Waals surface area contributed by atoms with Gasteiger partial charge >= 0.3 is 17.3 Å². The molecule has 0 saturated heterocycles. The molecule has 0 amide bonds. The SMILES string of the molecule is CCC(CCC(=O)Oc1ccc(Cl)cc1)Cn1ncc2c(NCOS(=O)O)cccc21. The Bertz CT molecular complexity index is 1040. The van der Waals surface area contributed by atoms with Crippen molar-refractivity contribution in [2.24, 2.45) is 5.92 Å². The fourth-order valence-electron chi connectivity index (χ4n) is 3.24. The molecule has 3 rings (SSSR count). The maximum absolute atomic E-state index is 12.2. The fourth-order valence-corrected chi connectivity index (χ4v) is 3.52. The fraction of sp³-hybridized carbons (Fsp3) is 0.333. The molecule has 1 heterocycles. The molecule has 0 aliphatic heterocycles. The predicted molar refractivity (Wildman–Crippen MR) is 120 cm³/mol. The van der Waals surface area contributed by atoms with Crippen LogP contribution in [0.2, 0.25) is 5.02 Å². The molecule has 2 aromatic carbocycles. The molecule has 0 aliphatic carbocycles. The van der Waals surface area contributed by atoms with Crippen LogP contribution in [0, 0.1) is 5.92 Å². The van der Waals surface area contributed by atoms with Gasteiger partial charge < -0.3 is 10.1 Å². The molecule has 2 N–H and O–H groups in total. The summed E-state index contributed by atoms with van der Waals surface area (Å²) in [6.07, 6.45) is 3.62. The van der Waals surface area contributed by atoms with Gasteiger partial charge in [0, 0.05) is 29.1 Å². The molecule has 2 atom stereocenters. The molecule has 0 aliphatic rings. The summed E-state index contributed by atoms with van der Waals surface area (Å²) in [5.41, 5.74) is 1.69. The molecule has 8 nitrogen and oxygen atoms in total. The van der Waals surface area contributed by atoms with Crippen molar-refractivity contribution in [1.29, 1.82) is 0 Å². The van der Waals surface area contributed by atoms with E-state index in [0.717, 1.165) is 23.0 Å². The largest absolute Gasteiger partial charge is 0.427 e. The zero-order valence-corrected chi connectivity index (χ0v) is 18.6. The number of nitrogens with zero attached hydrogens (tertiary/aromatic N) is 2. The van der Waals surface area contributed by atoms with Crippen molar-refractivity contribution >= 4 is 45.5 Å². The Morgan fingerprint density at radius 2 is 2.06 bits per heavy atom. The van der Waals surface area contributed by atoms with E-state index >= 15 is 0 Å². The van der Waals surface area contributed by atoms with Gasteiger partial charge in [-0.15, -0.1) is 0 Å². The number of carbonyl (C=O) groups excluding carboxylic acids is 1. The van der Waals surface area contributed by atoms with Gasteiger partial charge in [0.05, 0.1) is 11.7 Å². The molecule has 0 bridgehead atoms. The Labute approximate surface area is 188 Å². The van der Waals surface area contributed by atoms with Crippen molar-refractivity contribution in [3.05, 3.63) is 53.7 Å². The van der Waals surface area contributed by atoms with Crippen LogP contribution in [0.15, 0.2) is 48.7 Å². The van der Waals surface area contributed by atoms with Crippen LogP contribution >= 0.6 is 11.6 Å². The molecule has 3 aromatic rings. The highest BCUT2D eigenvalue weighted by Crippen LogP contribution is 2.25. The lowest BCUT2D eigenvalue weighted by atomic mass is 10.0. The Balaban J connectivity index is 1.58. The van der Waals surface area contributed by atoms with Crippen molar-refractivity contribution in [1.82, 2.24) is 9.78 Å². The van der Waals surface area contributed by atoms with Crippen molar-refractivity contribution < 1.29 is 22.5 Å². The van der Waals surface area contributed by atoms with Crippen LogP contribution in [0.5, 0.6) is 5.75 Å². The number of hydrogen-bond acceptors (Lipinski definition) is 6. The number of esters is 1. The summed E-state index contributed by atoms with van der Waals surface area (Å²) >= 11 is 3.52. The van der Waals surface area contributed by atoms with Crippen LogP contribution in [-0.4, -0.2) is 31.2 Å². The van der Waals surface area contributed by atoms with Gasteiger partial charge in [0.15, 0.2) is 0 Å². The monoisotopic (exact) mass is 465 g/mol. The third kappa shape index (κ3) is 6.76. The summed E-state index contributed by atoms with van der Waals surface area (Å²) < 4.78 is 31.2. The first-order valence-electron chi connectivity index (χ1n) is 9.85. The van der Waals surface area contributed by atoms with E-state index in [4.69, 9.17) is 20.9 Å². The number of fused-ring (bicyclic) bond motifs is 1. The zero-order chi connectivity index (χ0) is 22.2. The van der Waals surface area contributed by atoms with Crippen LogP contribution in [0.1, 0.15) is 26.2 Å². The van der Waals surface area contributed by atoms with Crippen molar-refractivity contribution in [3.63, 3.8) is 0 Å². The molecule has 1 aromatic heterocycles. The van der Waals surface area contributed by atoms with Gasteiger partial charge in [-0.1, -0.05) is 31.0 Å². The number of benzene rings is 2. The average Bonchev–Trinajstić information content (AvgIpc) is 3.16. The van der Waals surface area contributed by atoms with Gasteiger partial charge in [-0.3, -0.25) is 14.0 Å². The number of ether oxygens (including phenoxy) is 1. The van der Waals surface area contributed by atoms with Crippen molar-refractivity contribution in [3.8, 4) is 5.75 Å². The summed E-state index contributed by atoms with van der Waals surface area (Å²) in [5, 5.41) is 8.93. The van der Waals surface area contributed by atoms with Crippen molar-refractivity contribution in [2.75, 3.05) is 12.0 Å². The lowest BCUT2D eigenvalue weighted by molar-refractivity contribution is -0.134. The van der Waals surface area contributed by atoms with Gasteiger partial charge in [-0.05, 0) is 48.7 Å². The number of rotatable bonds is 11. The Kier molecular flexibility index (Phi) is 8.42.